The summed E-state index contributed by atoms with van der Waals surface area (Å²) in [5.74, 6) is 0.689. The van der Waals surface area contributed by atoms with Crippen molar-refractivity contribution in [3.8, 4) is 0 Å². The molecule has 1 fully saturated rings. The molecule has 100 valence electrons. The molecule has 0 aliphatic carbocycles. The van der Waals surface area contributed by atoms with Crippen molar-refractivity contribution in [1.29, 1.82) is 0 Å². The lowest BCUT2D eigenvalue weighted by atomic mass is 10.2. The van der Waals surface area contributed by atoms with Gasteiger partial charge in [-0.25, -0.2) is 9.55 Å². The van der Waals surface area contributed by atoms with E-state index in [9.17, 15) is 15.2 Å². The maximum atomic E-state index is 10.8. The van der Waals surface area contributed by atoms with Crippen LogP contribution >= 0.6 is 0 Å². The summed E-state index contributed by atoms with van der Waals surface area (Å²) in [6, 6.07) is 0.202. The van der Waals surface area contributed by atoms with Crippen molar-refractivity contribution < 1.29 is 10.0 Å². The first-order chi connectivity index (χ1) is 8.63. The lowest BCUT2D eigenvalue weighted by molar-refractivity contribution is -0.392. The maximum absolute atomic E-state index is 10.8. The zero-order valence-corrected chi connectivity index (χ0v) is 10.4. The maximum Gasteiger partial charge on any atom is 0.342 e. The fourth-order valence-corrected chi connectivity index (χ4v) is 2.50. The van der Waals surface area contributed by atoms with Gasteiger partial charge in [-0.3, -0.25) is 4.90 Å². The Bertz CT molecular complexity index is 432. The van der Waals surface area contributed by atoms with Crippen molar-refractivity contribution in [2.24, 2.45) is 0 Å². The van der Waals surface area contributed by atoms with Gasteiger partial charge in [0, 0.05) is 19.5 Å². The Kier molecular flexibility index (Phi) is 3.93. The third kappa shape index (κ3) is 2.51. The van der Waals surface area contributed by atoms with Gasteiger partial charge in [0.15, 0.2) is 5.82 Å². The molecule has 1 saturated heterocycles. The van der Waals surface area contributed by atoms with Crippen LogP contribution in [-0.2, 0) is 6.54 Å². The highest BCUT2D eigenvalue weighted by atomic mass is 16.6. The summed E-state index contributed by atoms with van der Waals surface area (Å²) in [5, 5.41) is 20.1. The number of aryl methyl sites for hydroxylation is 1. The van der Waals surface area contributed by atoms with Crippen LogP contribution in [0.25, 0.3) is 0 Å². The smallest absolute Gasteiger partial charge is 0.342 e. The van der Waals surface area contributed by atoms with E-state index in [0.29, 0.717) is 18.9 Å². The zero-order chi connectivity index (χ0) is 13.1. The Balaban J connectivity index is 2.01. The Labute approximate surface area is 105 Å². The monoisotopic (exact) mass is 254 g/mol. The van der Waals surface area contributed by atoms with E-state index >= 15 is 0 Å². The first-order valence-corrected chi connectivity index (χ1v) is 6.15. The van der Waals surface area contributed by atoms with Crippen LogP contribution in [0, 0.1) is 17.0 Å². The standard InChI is InChI=1S/C11H18N4O3/c1-9-12-7-11(15(17)18)14(9)6-5-13-4-2-3-10(13)8-16/h7,10,16H,2-6,8H2,1H3/t10-/m1/s1. The predicted octanol–water partition coefficient (Wildman–Crippen LogP) is 0.556. The summed E-state index contributed by atoms with van der Waals surface area (Å²) in [6.07, 6.45) is 3.38. The van der Waals surface area contributed by atoms with Gasteiger partial charge < -0.3 is 15.2 Å². The highest BCUT2D eigenvalue weighted by Gasteiger charge is 2.25. The molecule has 1 aromatic rings. The Morgan fingerprint density at radius 3 is 3.06 bits per heavy atom. The van der Waals surface area contributed by atoms with E-state index in [1.54, 1.807) is 11.5 Å². The lowest BCUT2D eigenvalue weighted by Gasteiger charge is -2.21. The number of hydrogen-bond acceptors (Lipinski definition) is 5. The average Bonchev–Trinajstić information content (AvgIpc) is 2.92. The Morgan fingerprint density at radius 2 is 2.39 bits per heavy atom. The molecular formula is C11H18N4O3. The number of nitro groups is 1. The van der Waals surface area contributed by atoms with Gasteiger partial charge in [0.25, 0.3) is 0 Å². The van der Waals surface area contributed by atoms with Crippen molar-refractivity contribution in [2.45, 2.75) is 32.4 Å². The van der Waals surface area contributed by atoms with Crippen molar-refractivity contribution >= 4 is 5.82 Å². The summed E-state index contributed by atoms with van der Waals surface area (Å²) >= 11 is 0. The van der Waals surface area contributed by atoms with Crippen LogP contribution in [0.15, 0.2) is 6.20 Å². The molecule has 0 amide bonds. The minimum absolute atomic E-state index is 0.0345. The molecule has 0 unspecified atom stereocenters. The molecule has 7 heteroatoms. The summed E-state index contributed by atoms with van der Waals surface area (Å²) in [6.45, 7) is 4.13. The second-order valence-electron chi connectivity index (χ2n) is 4.59. The Morgan fingerprint density at radius 1 is 1.61 bits per heavy atom. The fourth-order valence-electron chi connectivity index (χ4n) is 2.50. The van der Waals surface area contributed by atoms with E-state index in [2.05, 4.69) is 9.88 Å². The van der Waals surface area contributed by atoms with E-state index in [0.717, 1.165) is 19.4 Å². The van der Waals surface area contributed by atoms with Crippen LogP contribution in [0.2, 0.25) is 0 Å². The van der Waals surface area contributed by atoms with Gasteiger partial charge in [0.1, 0.15) is 12.7 Å². The molecule has 1 N–H and O–H groups in total. The molecular weight excluding hydrogens is 236 g/mol. The minimum atomic E-state index is -0.409. The molecule has 1 aliphatic rings. The molecule has 1 aliphatic heterocycles. The SMILES string of the molecule is Cc1ncc([N+](=O)[O-])n1CCN1CCC[C@@H]1CO. The fraction of sp³-hybridized carbons (Fsp3) is 0.727. The van der Waals surface area contributed by atoms with Gasteiger partial charge in [0.2, 0.25) is 0 Å². The first-order valence-electron chi connectivity index (χ1n) is 6.15. The zero-order valence-electron chi connectivity index (χ0n) is 10.4. The van der Waals surface area contributed by atoms with Crippen molar-refractivity contribution in [3.63, 3.8) is 0 Å². The number of aromatic nitrogens is 2. The summed E-state index contributed by atoms with van der Waals surface area (Å²) in [5.41, 5.74) is 0. The molecule has 1 atom stereocenters. The minimum Gasteiger partial charge on any atom is -0.395 e. The van der Waals surface area contributed by atoms with E-state index in [1.807, 2.05) is 0 Å². The van der Waals surface area contributed by atoms with Crippen LogP contribution < -0.4 is 0 Å². The number of hydrogen-bond donors (Lipinski definition) is 1. The Hall–Kier alpha value is -1.47. The molecule has 2 heterocycles. The average molecular weight is 254 g/mol. The normalized spacial score (nSPS) is 20.4. The third-order valence-corrected chi connectivity index (χ3v) is 3.54. The number of aliphatic hydroxyl groups is 1. The van der Waals surface area contributed by atoms with E-state index in [1.165, 1.54) is 6.20 Å². The van der Waals surface area contributed by atoms with Crippen molar-refractivity contribution in [1.82, 2.24) is 14.5 Å². The quantitative estimate of drug-likeness (QED) is 0.613. The highest BCUT2D eigenvalue weighted by Crippen LogP contribution is 2.18. The topological polar surface area (TPSA) is 84.4 Å². The van der Waals surface area contributed by atoms with E-state index < -0.39 is 4.92 Å². The molecule has 2 rings (SSSR count). The molecule has 1 aromatic heterocycles. The molecule has 0 saturated carbocycles. The molecule has 18 heavy (non-hydrogen) atoms. The summed E-state index contributed by atoms with van der Waals surface area (Å²) in [4.78, 5) is 16.6. The molecule has 7 nitrogen and oxygen atoms in total. The van der Waals surface area contributed by atoms with Crippen LogP contribution in [0.1, 0.15) is 18.7 Å². The highest BCUT2D eigenvalue weighted by molar-refractivity contribution is 5.18. The van der Waals surface area contributed by atoms with Gasteiger partial charge in [0.05, 0.1) is 6.61 Å². The molecule has 0 radical (unpaired) electrons. The second kappa shape index (κ2) is 5.45. The van der Waals surface area contributed by atoms with Gasteiger partial charge in [-0.2, -0.15) is 0 Å². The van der Waals surface area contributed by atoms with Gasteiger partial charge >= 0.3 is 5.82 Å². The summed E-state index contributed by atoms with van der Waals surface area (Å²) < 4.78 is 1.62. The van der Waals surface area contributed by atoms with E-state index in [-0.39, 0.29) is 18.5 Å². The molecule has 0 spiro atoms. The third-order valence-electron chi connectivity index (χ3n) is 3.54. The number of imidazole rings is 1. The van der Waals surface area contributed by atoms with Crippen LogP contribution in [0.4, 0.5) is 5.82 Å². The van der Waals surface area contributed by atoms with Gasteiger partial charge in [-0.1, -0.05) is 0 Å². The van der Waals surface area contributed by atoms with E-state index in [4.69, 9.17) is 0 Å². The number of aliphatic hydroxyl groups excluding tert-OH is 1. The number of nitrogens with zero attached hydrogens (tertiary/aromatic N) is 4. The molecule has 0 aromatic carbocycles. The first kappa shape index (κ1) is 13.0. The second-order valence-corrected chi connectivity index (χ2v) is 4.59. The number of likely N-dealkylation sites (tertiary alicyclic amines) is 1. The van der Waals surface area contributed by atoms with Crippen LogP contribution in [0.5, 0.6) is 0 Å². The van der Waals surface area contributed by atoms with Gasteiger partial charge in [-0.15, -0.1) is 0 Å². The van der Waals surface area contributed by atoms with Crippen LogP contribution in [0.3, 0.4) is 0 Å². The van der Waals surface area contributed by atoms with Crippen molar-refractivity contribution in [3.05, 3.63) is 22.1 Å². The molecule has 0 bridgehead atoms. The van der Waals surface area contributed by atoms with Crippen LogP contribution in [-0.4, -0.2) is 50.2 Å². The van der Waals surface area contributed by atoms with Gasteiger partial charge in [-0.05, 0) is 24.3 Å². The van der Waals surface area contributed by atoms with Crippen molar-refractivity contribution in [2.75, 3.05) is 19.7 Å². The predicted molar refractivity (Wildman–Crippen MR) is 65.3 cm³/mol. The summed E-state index contributed by atoms with van der Waals surface area (Å²) in [7, 11) is 0. The lowest BCUT2D eigenvalue weighted by Crippen LogP contribution is -2.35. The largest absolute Gasteiger partial charge is 0.395 e. The number of rotatable bonds is 5.